The van der Waals surface area contributed by atoms with Gasteiger partial charge in [-0.3, -0.25) is 9.79 Å². The van der Waals surface area contributed by atoms with Gasteiger partial charge in [0.05, 0.1) is 53.5 Å². The summed E-state index contributed by atoms with van der Waals surface area (Å²) in [7, 11) is 5.28. The Morgan fingerprint density at radius 2 is 1.59 bits per heavy atom. The van der Waals surface area contributed by atoms with Crippen LogP contribution in [-0.2, 0) is 38.0 Å². The average Bonchev–Trinajstić information content (AvgIpc) is 3.26. The zero-order valence-corrected chi connectivity index (χ0v) is 32.9. The lowest BCUT2D eigenvalue weighted by atomic mass is 9.78. The summed E-state index contributed by atoms with van der Waals surface area (Å²) in [6.45, 7) is 17.8. The molecule has 4 N–H and O–H groups in total. The number of methoxy groups -OCH3 is 1. The Bertz CT molecular complexity index is 1220. The molecule has 4 heterocycles. The number of nitrogens with zero attached hydrogens (tertiary/aromatic N) is 2. The summed E-state index contributed by atoms with van der Waals surface area (Å²) in [5, 5.41) is 46.3. The number of ether oxygens (including phenoxy) is 7. The molecule has 0 saturated carbocycles. The van der Waals surface area contributed by atoms with Gasteiger partial charge < -0.3 is 58.5 Å². The molecule has 0 aromatic carbocycles. The van der Waals surface area contributed by atoms with Crippen molar-refractivity contribution < 1.29 is 58.4 Å². The summed E-state index contributed by atoms with van der Waals surface area (Å²) in [6, 6.07) is -0.767. The van der Waals surface area contributed by atoms with Crippen molar-refractivity contribution in [3.05, 3.63) is 0 Å². The normalized spacial score (nSPS) is 50.3. The molecule has 296 valence electrons. The molecule has 0 aromatic rings. The van der Waals surface area contributed by atoms with Gasteiger partial charge in [-0.15, -0.1) is 0 Å². The molecule has 3 saturated heterocycles. The van der Waals surface area contributed by atoms with E-state index in [-0.39, 0.29) is 25.0 Å². The fraction of sp³-hybridized carbons (Fsp3) is 0.946. The minimum Gasteiger partial charge on any atom is -0.468 e. The number of carbonyl (C=O) groups is 1. The van der Waals surface area contributed by atoms with Crippen LogP contribution in [0.2, 0.25) is 0 Å². The first-order valence-corrected chi connectivity index (χ1v) is 18.7. The van der Waals surface area contributed by atoms with E-state index in [9.17, 15) is 25.2 Å². The number of hydrogen-bond donors (Lipinski definition) is 4. The molecular formula is C37H66N2O12. The molecule has 0 aliphatic carbocycles. The van der Waals surface area contributed by atoms with Gasteiger partial charge in [0.25, 0.3) is 0 Å². The van der Waals surface area contributed by atoms with Crippen LogP contribution in [0.15, 0.2) is 4.99 Å². The third-order valence-electron chi connectivity index (χ3n) is 11.9. The molecule has 0 amide bonds. The van der Waals surface area contributed by atoms with Crippen LogP contribution in [0.3, 0.4) is 0 Å². The average molecular weight is 731 g/mol. The maximum atomic E-state index is 14.2. The van der Waals surface area contributed by atoms with Crippen LogP contribution in [0.25, 0.3) is 0 Å². The van der Waals surface area contributed by atoms with Crippen molar-refractivity contribution in [1.82, 2.24) is 4.90 Å². The second kappa shape index (κ2) is 16.1. The van der Waals surface area contributed by atoms with Crippen LogP contribution in [-0.4, -0.2) is 149 Å². The van der Waals surface area contributed by atoms with Crippen LogP contribution in [0.4, 0.5) is 0 Å². The van der Waals surface area contributed by atoms with Crippen molar-refractivity contribution in [2.45, 2.75) is 185 Å². The summed E-state index contributed by atoms with van der Waals surface area (Å²) >= 11 is 0. The van der Waals surface area contributed by atoms with E-state index in [1.165, 1.54) is 7.11 Å². The van der Waals surface area contributed by atoms with Crippen molar-refractivity contribution in [1.29, 1.82) is 0 Å². The summed E-state index contributed by atoms with van der Waals surface area (Å²) in [5.74, 6) is -2.46. The minimum absolute atomic E-state index is 0.0948. The van der Waals surface area contributed by atoms with Crippen molar-refractivity contribution >= 4 is 11.9 Å². The van der Waals surface area contributed by atoms with E-state index in [2.05, 4.69) is 0 Å². The van der Waals surface area contributed by atoms with Crippen molar-refractivity contribution in [3.8, 4) is 0 Å². The van der Waals surface area contributed by atoms with Gasteiger partial charge in [-0.1, -0.05) is 20.8 Å². The van der Waals surface area contributed by atoms with Gasteiger partial charge in [0, 0.05) is 31.9 Å². The monoisotopic (exact) mass is 730 g/mol. The number of esters is 1. The maximum Gasteiger partial charge on any atom is 0.311 e. The molecule has 0 radical (unpaired) electrons. The van der Waals surface area contributed by atoms with Gasteiger partial charge in [-0.2, -0.15) is 0 Å². The van der Waals surface area contributed by atoms with Crippen molar-refractivity contribution in [2.24, 2.45) is 22.7 Å². The number of aliphatic hydroxyl groups excluding tert-OH is 3. The van der Waals surface area contributed by atoms with E-state index in [1.807, 2.05) is 53.6 Å². The van der Waals surface area contributed by atoms with Crippen LogP contribution in [0.5, 0.6) is 0 Å². The number of aliphatic hydroxyl groups is 4. The van der Waals surface area contributed by atoms with Gasteiger partial charge in [-0.05, 0) is 75.4 Å². The zero-order valence-electron chi connectivity index (χ0n) is 32.9. The van der Waals surface area contributed by atoms with Gasteiger partial charge >= 0.3 is 5.97 Å². The predicted octanol–water partition coefficient (Wildman–Crippen LogP) is 2.41. The standard InChI is InChI=1S/C37H66N2O12/c1-14-25-37(10)29(41)22(6)32(51-37)38-18(2)16-35(8,44)31(50-34-27(40)24(39(11)12)15-19(3)46-34)20(4)28(21(5)33(43)48-25)49-26-17-36(9,45-13)30(42)23(7)47-26/h18-31,34,40-42,44H,14-17H2,1-13H3/t18-,19-,20+,21-,22-,23+,24+,25-,26+,27-,28+,29-,30+,31-,34+,35-,36-,37-/m1/s1. The zero-order chi connectivity index (χ0) is 38.4. The molecule has 0 unspecified atom stereocenters. The fourth-order valence-corrected chi connectivity index (χ4v) is 8.65. The maximum absolute atomic E-state index is 14.2. The van der Waals surface area contributed by atoms with E-state index >= 15 is 0 Å². The molecular weight excluding hydrogens is 664 g/mol. The topological polar surface area (TPSA) is 178 Å². The highest BCUT2D eigenvalue weighted by Crippen LogP contribution is 2.42. The molecule has 3 fully saturated rings. The smallest absolute Gasteiger partial charge is 0.311 e. The van der Waals surface area contributed by atoms with Crippen molar-refractivity contribution in [2.75, 3.05) is 21.2 Å². The number of likely N-dealkylation sites (N-methyl/N-ethyl adjacent to an activating group) is 1. The summed E-state index contributed by atoms with van der Waals surface area (Å²) < 4.78 is 44.0. The Hall–Kier alpha value is -1.46. The van der Waals surface area contributed by atoms with Crippen molar-refractivity contribution in [3.63, 3.8) is 0 Å². The highest BCUT2D eigenvalue weighted by Gasteiger charge is 2.56. The second-order valence-electron chi connectivity index (χ2n) is 16.5. The number of hydrogen-bond acceptors (Lipinski definition) is 14. The van der Waals surface area contributed by atoms with E-state index in [0.29, 0.717) is 18.7 Å². The van der Waals surface area contributed by atoms with Gasteiger partial charge in [0.1, 0.15) is 24.4 Å². The lowest BCUT2D eigenvalue weighted by Crippen LogP contribution is -2.60. The Balaban J connectivity index is 1.82. The quantitative estimate of drug-likeness (QED) is 0.281. The number of aliphatic imine (C=N–C) groups is 1. The Labute approximate surface area is 304 Å². The van der Waals surface area contributed by atoms with E-state index in [1.54, 1.807) is 34.6 Å². The lowest BCUT2D eigenvalue weighted by molar-refractivity contribution is -0.317. The van der Waals surface area contributed by atoms with Crippen LogP contribution >= 0.6 is 0 Å². The molecule has 2 bridgehead atoms. The highest BCUT2D eigenvalue weighted by atomic mass is 16.7. The van der Waals surface area contributed by atoms with Crippen LogP contribution in [0, 0.1) is 17.8 Å². The largest absolute Gasteiger partial charge is 0.468 e. The van der Waals surface area contributed by atoms with Gasteiger partial charge in [0.15, 0.2) is 24.1 Å². The molecule has 4 aliphatic heterocycles. The lowest BCUT2D eigenvalue weighted by Gasteiger charge is -2.48. The molecule has 0 aromatic heterocycles. The van der Waals surface area contributed by atoms with E-state index in [0.717, 1.165) is 0 Å². The number of fused-ring (bicyclic) bond motifs is 2. The molecule has 51 heavy (non-hydrogen) atoms. The first-order valence-electron chi connectivity index (χ1n) is 18.7. The molecule has 4 rings (SSSR count). The summed E-state index contributed by atoms with van der Waals surface area (Å²) in [4.78, 5) is 21.0. The molecule has 14 nitrogen and oxygen atoms in total. The summed E-state index contributed by atoms with van der Waals surface area (Å²) in [6.07, 6.45) is -7.63. The second-order valence-corrected chi connectivity index (χ2v) is 16.5. The Morgan fingerprint density at radius 1 is 0.941 bits per heavy atom. The van der Waals surface area contributed by atoms with Crippen LogP contribution < -0.4 is 0 Å². The molecule has 4 aliphatic rings. The molecule has 0 spiro atoms. The third-order valence-corrected chi connectivity index (χ3v) is 11.9. The van der Waals surface area contributed by atoms with E-state index in [4.69, 9.17) is 38.2 Å². The minimum atomic E-state index is -1.62. The number of cyclic esters (lactones) is 1. The molecule has 18 atom stereocenters. The number of carbonyl (C=O) groups excluding carboxylic acids is 1. The fourth-order valence-electron chi connectivity index (χ4n) is 8.65. The van der Waals surface area contributed by atoms with E-state index < -0.39 is 102 Å². The Kier molecular flexibility index (Phi) is 13.4. The van der Waals surface area contributed by atoms with Gasteiger partial charge in [-0.25, -0.2) is 0 Å². The summed E-state index contributed by atoms with van der Waals surface area (Å²) in [5.41, 5.74) is -3.90. The predicted molar refractivity (Wildman–Crippen MR) is 188 cm³/mol. The molecule has 14 heteroatoms. The first-order chi connectivity index (χ1) is 23.6. The van der Waals surface area contributed by atoms with Crippen LogP contribution in [0.1, 0.15) is 94.9 Å². The Morgan fingerprint density at radius 3 is 2.18 bits per heavy atom. The SMILES string of the molecule is CC[C@H]1OC(=O)[C@H](C)[C@@H](O[C@H]2C[C@@](C)(OC)[C@@H](O)[C@H](C)O2)[C@H](C)[C@@H](O[C@@H]2O[C@H](C)C[C@H](N(C)C)[C@H]2O)[C@](C)(O)C[C@@H](C)N=C2O[C@@]1(C)[C@H](O)[C@H]2C. The number of rotatable bonds is 7. The first kappa shape index (κ1) is 42.3. The third kappa shape index (κ3) is 8.60. The van der Waals surface area contributed by atoms with Gasteiger partial charge in [0.2, 0.25) is 0 Å². The highest BCUT2D eigenvalue weighted by molar-refractivity contribution is 5.82.